The number of piperidine rings is 1. The Hall–Kier alpha value is -1.04. The maximum atomic E-state index is 12.7. The van der Waals surface area contributed by atoms with Gasteiger partial charge in [0.2, 0.25) is 5.91 Å². The lowest BCUT2D eigenvalue weighted by Crippen LogP contribution is -2.45. The zero-order valence-electron chi connectivity index (χ0n) is 14.9. The first-order valence-electron chi connectivity index (χ1n) is 10.1. The Kier molecular flexibility index (Phi) is 4.27. The zero-order chi connectivity index (χ0) is 16.8. The monoisotopic (exact) mass is 360 g/mol. The highest BCUT2D eigenvalue weighted by Crippen LogP contribution is 2.46. The van der Waals surface area contributed by atoms with Crippen LogP contribution in [0.1, 0.15) is 75.6 Å². The Balaban J connectivity index is 1.21. The fourth-order valence-corrected chi connectivity index (χ4v) is 5.64. The quantitative estimate of drug-likeness (QED) is 0.753. The minimum Gasteiger partial charge on any atom is -0.342 e. The van der Waals surface area contributed by atoms with Crippen molar-refractivity contribution in [3.05, 3.63) is 5.82 Å². The second-order valence-corrected chi connectivity index (χ2v) is 9.38. The van der Waals surface area contributed by atoms with Gasteiger partial charge in [0.25, 0.3) is 0 Å². The van der Waals surface area contributed by atoms with E-state index in [0.29, 0.717) is 23.6 Å². The molecule has 4 aliphatic rings. The first kappa shape index (κ1) is 16.2. The van der Waals surface area contributed by atoms with Gasteiger partial charge >= 0.3 is 0 Å². The molecule has 0 radical (unpaired) electrons. The van der Waals surface area contributed by atoms with Crippen molar-refractivity contribution >= 4 is 17.7 Å². The number of carbonyl (C=O) groups excluding carboxylic acids is 1. The minimum absolute atomic E-state index is 0.298. The summed E-state index contributed by atoms with van der Waals surface area (Å²) < 4.78 is 2.35. The summed E-state index contributed by atoms with van der Waals surface area (Å²) in [7, 11) is 0. The van der Waals surface area contributed by atoms with Gasteiger partial charge in [0, 0.05) is 25.0 Å². The largest absolute Gasteiger partial charge is 0.342 e. The topological polar surface area (TPSA) is 51.0 Å². The molecule has 2 heterocycles. The summed E-state index contributed by atoms with van der Waals surface area (Å²) in [4.78, 5) is 14.9. The Morgan fingerprint density at radius 3 is 2.56 bits per heavy atom. The molecule has 0 spiro atoms. The van der Waals surface area contributed by atoms with Crippen molar-refractivity contribution in [2.24, 2.45) is 11.8 Å². The Morgan fingerprint density at radius 1 is 1.00 bits per heavy atom. The fourth-order valence-electron chi connectivity index (χ4n) is 4.73. The van der Waals surface area contributed by atoms with Crippen LogP contribution in [0.2, 0.25) is 0 Å². The average molecular weight is 361 g/mol. The van der Waals surface area contributed by atoms with E-state index in [1.165, 1.54) is 63.6 Å². The third-order valence-electron chi connectivity index (χ3n) is 6.51. The van der Waals surface area contributed by atoms with E-state index in [1.807, 2.05) is 0 Å². The van der Waals surface area contributed by atoms with E-state index in [4.69, 9.17) is 0 Å². The fraction of sp³-hybridized carbons (Fsp3) is 0.842. The van der Waals surface area contributed by atoms with Crippen LogP contribution < -0.4 is 0 Å². The third kappa shape index (κ3) is 3.34. The summed E-state index contributed by atoms with van der Waals surface area (Å²) in [6.45, 7) is 1.95. The van der Waals surface area contributed by atoms with Gasteiger partial charge in [0.15, 0.2) is 5.16 Å². The van der Waals surface area contributed by atoms with Crippen LogP contribution in [0.3, 0.4) is 0 Å². The van der Waals surface area contributed by atoms with E-state index in [2.05, 4.69) is 19.7 Å². The van der Waals surface area contributed by atoms with Gasteiger partial charge in [-0.1, -0.05) is 31.0 Å². The molecule has 1 aromatic heterocycles. The molecule has 1 saturated heterocycles. The summed E-state index contributed by atoms with van der Waals surface area (Å²) in [5, 5.41) is 9.85. The molecule has 1 amide bonds. The van der Waals surface area contributed by atoms with Gasteiger partial charge in [-0.25, -0.2) is 0 Å². The summed E-state index contributed by atoms with van der Waals surface area (Å²) >= 11 is 1.61. The third-order valence-corrected chi connectivity index (χ3v) is 7.44. The molecular formula is C19H28N4OS. The normalized spacial score (nSPS) is 29.5. The lowest BCUT2D eigenvalue weighted by atomic mass is 9.75. The minimum atomic E-state index is 0.298. The number of rotatable bonds is 5. The van der Waals surface area contributed by atoms with E-state index in [0.717, 1.165) is 30.1 Å². The summed E-state index contributed by atoms with van der Waals surface area (Å²) in [6.07, 6.45) is 11.7. The number of hydrogen-bond donors (Lipinski definition) is 0. The Labute approximate surface area is 153 Å². The molecule has 1 aromatic rings. The van der Waals surface area contributed by atoms with Gasteiger partial charge in [0.05, 0.1) is 5.75 Å². The standard InChI is InChI=1S/C19H28N4OS/c24-17(22-10-9-13-3-1-2-4-15(13)11-22)12-25-19-21-20-18(14-5-6-14)23(19)16-7-8-16/h13-16H,1-12H2/t13-,15+/m1/s1. The van der Waals surface area contributed by atoms with Gasteiger partial charge in [-0.3, -0.25) is 4.79 Å². The van der Waals surface area contributed by atoms with Crippen molar-refractivity contribution in [3.63, 3.8) is 0 Å². The van der Waals surface area contributed by atoms with Gasteiger partial charge in [-0.15, -0.1) is 10.2 Å². The number of hydrogen-bond acceptors (Lipinski definition) is 4. The maximum absolute atomic E-state index is 12.7. The van der Waals surface area contributed by atoms with E-state index < -0.39 is 0 Å². The van der Waals surface area contributed by atoms with Crippen LogP contribution in [0.5, 0.6) is 0 Å². The molecule has 2 atom stereocenters. The van der Waals surface area contributed by atoms with Crippen molar-refractivity contribution in [2.45, 2.75) is 74.9 Å². The van der Waals surface area contributed by atoms with Crippen molar-refractivity contribution in [1.29, 1.82) is 0 Å². The van der Waals surface area contributed by atoms with E-state index in [9.17, 15) is 4.79 Å². The van der Waals surface area contributed by atoms with Crippen molar-refractivity contribution in [3.8, 4) is 0 Å². The Bertz CT molecular complexity index is 652. The molecule has 0 unspecified atom stereocenters. The number of carbonyl (C=O) groups is 1. The molecular weight excluding hydrogens is 332 g/mol. The van der Waals surface area contributed by atoms with Crippen LogP contribution in [0.4, 0.5) is 0 Å². The van der Waals surface area contributed by atoms with Gasteiger partial charge < -0.3 is 9.47 Å². The SMILES string of the molecule is O=C(CSc1nnc(C2CC2)n1C1CC1)N1CC[C@H]2CCCC[C@H]2C1. The summed E-state index contributed by atoms with van der Waals surface area (Å²) in [5.74, 6) is 4.27. The molecule has 0 N–H and O–H groups in total. The number of thioether (sulfide) groups is 1. The van der Waals surface area contributed by atoms with Gasteiger partial charge in [-0.2, -0.15) is 0 Å². The summed E-state index contributed by atoms with van der Waals surface area (Å²) in [5.41, 5.74) is 0. The van der Waals surface area contributed by atoms with Crippen LogP contribution in [0.15, 0.2) is 5.16 Å². The van der Waals surface area contributed by atoms with Gasteiger partial charge in [-0.05, 0) is 50.4 Å². The van der Waals surface area contributed by atoms with Crippen LogP contribution in [-0.2, 0) is 4.79 Å². The smallest absolute Gasteiger partial charge is 0.233 e. The number of likely N-dealkylation sites (tertiary alicyclic amines) is 1. The molecule has 3 aliphatic carbocycles. The predicted molar refractivity (Wildman–Crippen MR) is 97.6 cm³/mol. The van der Waals surface area contributed by atoms with E-state index >= 15 is 0 Å². The molecule has 1 aliphatic heterocycles. The lowest BCUT2D eigenvalue weighted by Gasteiger charge is -2.41. The zero-order valence-corrected chi connectivity index (χ0v) is 15.7. The molecule has 136 valence electrons. The average Bonchev–Trinajstić information content (AvgIpc) is 3.58. The molecule has 4 fully saturated rings. The van der Waals surface area contributed by atoms with Crippen molar-refractivity contribution < 1.29 is 4.79 Å². The molecule has 5 rings (SSSR count). The predicted octanol–water partition coefficient (Wildman–Crippen LogP) is 3.62. The van der Waals surface area contributed by atoms with Crippen LogP contribution in [0, 0.1) is 11.8 Å². The highest BCUT2D eigenvalue weighted by atomic mass is 32.2. The second kappa shape index (κ2) is 6.60. The Morgan fingerprint density at radius 2 is 1.80 bits per heavy atom. The molecule has 25 heavy (non-hydrogen) atoms. The highest BCUT2D eigenvalue weighted by molar-refractivity contribution is 7.99. The molecule has 0 aromatic carbocycles. The maximum Gasteiger partial charge on any atom is 0.233 e. The number of nitrogens with zero attached hydrogens (tertiary/aromatic N) is 4. The van der Waals surface area contributed by atoms with E-state index in [-0.39, 0.29) is 0 Å². The van der Waals surface area contributed by atoms with Crippen LogP contribution in [0.25, 0.3) is 0 Å². The van der Waals surface area contributed by atoms with Crippen molar-refractivity contribution in [2.75, 3.05) is 18.8 Å². The molecule has 6 heteroatoms. The number of amides is 1. The number of aromatic nitrogens is 3. The first-order chi connectivity index (χ1) is 12.3. The molecule has 5 nitrogen and oxygen atoms in total. The number of fused-ring (bicyclic) bond motifs is 1. The second-order valence-electron chi connectivity index (χ2n) is 8.44. The van der Waals surface area contributed by atoms with Crippen molar-refractivity contribution in [1.82, 2.24) is 19.7 Å². The van der Waals surface area contributed by atoms with Crippen LogP contribution >= 0.6 is 11.8 Å². The van der Waals surface area contributed by atoms with Crippen LogP contribution in [-0.4, -0.2) is 44.4 Å². The lowest BCUT2D eigenvalue weighted by molar-refractivity contribution is -0.131. The highest BCUT2D eigenvalue weighted by Gasteiger charge is 2.37. The molecule has 3 saturated carbocycles. The van der Waals surface area contributed by atoms with E-state index in [1.54, 1.807) is 11.8 Å². The summed E-state index contributed by atoms with van der Waals surface area (Å²) in [6, 6.07) is 0.598. The molecule has 0 bridgehead atoms. The first-order valence-corrected chi connectivity index (χ1v) is 11.1. The van der Waals surface area contributed by atoms with Gasteiger partial charge in [0.1, 0.15) is 5.82 Å².